The number of likely N-dealkylation sites (tertiary alicyclic amines) is 2. The summed E-state index contributed by atoms with van der Waals surface area (Å²) in [6.07, 6.45) is 10.1. The minimum Gasteiger partial charge on any atom is -0.485 e. The highest BCUT2D eigenvalue weighted by Crippen LogP contribution is 2.42. The number of anilines is 2. The van der Waals surface area contributed by atoms with Gasteiger partial charge in [-0.15, -0.1) is 0 Å². The van der Waals surface area contributed by atoms with Crippen molar-refractivity contribution in [1.29, 1.82) is 0 Å². The second-order valence-electron chi connectivity index (χ2n) is 10.3. The molecule has 1 unspecified atom stereocenters. The van der Waals surface area contributed by atoms with Crippen molar-refractivity contribution < 1.29 is 18.3 Å². The summed E-state index contributed by atoms with van der Waals surface area (Å²) in [6.45, 7) is 3.02. The van der Waals surface area contributed by atoms with Crippen molar-refractivity contribution in [2.45, 2.75) is 50.5 Å². The van der Waals surface area contributed by atoms with Gasteiger partial charge in [-0.2, -0.15) is 0 Å². The zero-order valence-corrected chi connectivity index (χ0v) is 21.0. The fourth-order valence-electron chi connectivity index (χ4n) is 5.76. The van der Waals surface area contributed by atoms with Crippen LogP contribution in [0.2, 0.25) is 0 Å². The average Bonchev–Trinajstić information content (AvgIpc) is 2.98. The number of imidazole rings is 1. The molecule has 0 saturated carbocycles. The fraction of sp³-hybridized carbons (Fsp3) is 0.615. The number of carbonyl (C=O) groups is 1. The summed E-state index contributed by atoms with van der Waals surface area (Å²) in [5.74, 6) is -2.25. The molecular weight excluding hydrogens is 466 g/mol. The van der Waals surface area contributed by atoms with E-state index < -0.39 is 19.1 Å². The number of hydrogen-bond donors (Lipinski definition) is 1. The molecule has 1 aromatic carbocycles. The molecule has 0 radical (unpaired) electrons. The third-order valence-electron chi connectivity index (χ3n) is 7.50. The highest BCUT2D eigenvalue weighted by molar-refractivity contribution is 5.95. The van der Waals surface area contributed by atoms with Crippen LogP contribution in [0.15, 0.2) is 24.3 Å². The van der Waals surface area contributed by atoms with Crippen LogP contribution in [-0.4, -0.2) is 84.1 Å². The lowest BCUT2D eigenvalue weighted by molar-refractivity contribution is -0.126. The first-order valence-corrected chi connectivity index (χ1v) is 13.0. The van der Waals surface area contributed by atoms with E-state index in [-0.39, 0.29) is 11.9 Å². The Labute approximate surface area is 210 Å². The number of alkyl halides is 2. The van der Waals surface area contributed by atoms with Gasteiger partial charge < -0.3 is 24.8 Å². The van der Waals surface area contributed by atoms with Gasteiger partial charge in [0.05, 0.1) is 23.6 Å². The zero-order chi connectivity index (χ0) is 25.3. The second kappa shape index (κ2) is 10.2. The number of amides is 1. The maximum Gasteiger partial charge on any atom is 0.298 e. The first kappa shape index (κ1) is 24.8. The Morgan fingerprint density at radius 3 is 2.78 bits per heavy atom. The first-order valence-electron chi connectivity index (χ1n) is 13.0. The lowest BCUT2D eigenvalue weighted by Crippen LogP contribution is -2.37. The molecule has 36 heavy (non-hydrogen) atoms. The second-order valence-corrected chi connectivity index (χ2v) is 10.3. The molecule has 2 aromatic rings. The summed E-state index contributed by atoms with van der Waals surface area (Å²) < 4.78 is 36.0. The quantitative estimate of drug-likeness (QED) is 0.643. The van der Waals surface area contributed by atoms with Gasteiger partial charge in [-0.25, -0.2) is 13.8 Å². The summed E-state index contributed by atoms with van der Waals surface area (Å²) >= 11 is 0. The SMILES string of the molecule is CN1CC(F)(F)COc2ccc3nc(N)n(C4CCCCN(C(=O)/C=C/CN5CCCCC5)C4)c3c21. The molecule has 3 aliphatic rings. The predicted molar refractivity (Wildman–Crippen MR) is 137 cm³/mol. The number of hydrogen-bond acceptors (Lipinski definition) is 6. The third kappa shape index (κ3) is 5.14. The third-order valence-corrected chi connectivity index (χ3v) is 7.50. The number of carbonyl (C=O) groups excluding carboxylic acids is 1. The van der Waals surface area contributed by atoms with Gasteiger partial charge in [0.25, 0.3) is 5.92 Å². The summed E-state index contributed by atoms with van der Waals surface area (Å²) in [5.41, 5.74) is 8.30. The highest BCUT2D eigenvalue weighted by atomic mass is 19.3. The Balaban J connectivity index is 1.41. The van der Waals surface area contributed by atoms with Crippen LogP contribution >= 0.6 is 0 Å². The number of ether oxygens (including phenoxy) is 1. The number of nitrogens with zero attached hydrogens (tertiary/aromatic N) is 5. The van der Waals surface area contributed by atoms with Crippen LogP contribution in [0.3, 0.4) is 0 Å². The van der Waals surface area contributed by atoms with Gasteiger partial charge in [0, 0.05) is 32.8 Å². The predicted octanol–water partition coefficient (Wildman–Crippen LogP) is 3.68. The number of rotatable bonds is 4. The van der Waals surface area contributed by atoms with Gasteiger partial charge in [-0.3, -0.25) is 9.69 Å². The first-order chi connectivity index (χ1) is 17.3. The van der Waals surface area contributed by atoms with E-state index in [2.05, 4.69) is 9.88 Å². The Morgan fingerprint density at radius 2 is 1.97 bits per heavy atom. The van der Waals surface area contributed by atoms with Crippen LogP contribution in [0, 0.1) is 0 Å². The number of piperidine rings is 1. The van der Waals surface area contributed by atoms with E-state index in [1.807, 2.05) is 15.5 Å². The standard InChI is InChI=1S/C26H36F2N6O2/c1-31-17-26(27,28)18-36-21-11-10-20-23(24(21)31)34(25(29)30-20)19-8-3-6-15-33(16-19)22(35)9-7-14-32-12-4-2-5-13-32/h7,9-11,19H,2-6,8,12-18H2,1H3,(H2,29,30)/b9-7+. The molecule has 0 aliphatic carbocycles. The number of nitrogens with two attached hydrogens (primary N) is 1. The summed E-state index contributed by atoms with van der Waals surface area (Å²) in [5, 5.41) is 0. The van der Waals surface area contributed by atoms with Gasteiger partial charge in [0.15, 0.2) is 6.61 Å². The van der Waals surface area contributed by atoms with Crippen molar-refractivity contribution in [2.24, 2.45) is 0 Å². The molecular formula is C26H36F2N6O2. The molecule has 2 N–H and O–H groups in total. The van der Waals surface area contributed by atoms with E-state index in [0.29, 0.717) is 41.5 Å². The summed E-state index contributed by atoms with van der Waals surface area (Å²) in [6, 6.07) is 3.34. The van der Waals surface area contributed by atoms with Gasteiger partial charge in [0.2, 0.25) is 11.9 Å². The van der Waals surface area contributed by atoms with Crippen molar-refractivity contribution in [3.05, 3.63) is 24.3 Å². The Kier molecular flexibility index (Phi) is 7.05. The maximum absolute atomic E-state index is 14.3. The fourth-order valence-corrected chi connectivity index (χ4v) is 5.76. The maximum atomic E-state index is 14.3. The smallest absolute Gasteiger partial charge is 0.298 e. The van der Waals surface area contributed by atoms with Crippen molar-refractivity contribution in [2.75, 3.05) is 63.6 Å². The molecule has 1 amide bonds. The van der Waals surface area contributed by atoms with E-state index in [1.54, 1.807) is 25.3 Å². The van der Waals surface area contributed by atoms with Gasteiger partial charge >= 0.3 is 0 Å². The molecule has 0 spiro atoms. The molecule has 5 rings (SSSR count). The minimum absolute atomic E-state index is 0.000763. The van der Waals surface area contributed by atoms with E-state index in [0.717, 1.165) is 38.9 Å². The van der Waals surface area contributed by atoms with E-state index in [1.165, 1.54) is 24.2 Å². The average molecular weight is 503 g/mol. The minimum atomic E-state index is -2.97. The largest absolute Gasteiger partial charge is 0.485 e. The van der Waals surface area contributed by atoms with Crippen molar-refractivity contribution in [3.8, 4) is 5.75 Å². The number of aromatic nitrogens is 2. The number of benzene rings is 1. The molecule has 4 heterocycles. The number of fused-ring (bicyclic) bond motifs is 3. The van der Waals surface area contributed by atoms with Gasteiger partial charge in [-0.1, -0.05) is 12.5 Å². The van der Waals surface area contributed by atoms with E-state index >= 15 is 0 Å². The van der Waals surface area contributed by atoms with Crippen LogP contribution in [0.1, 0.15) is 44.6 Å². The Morgan fingerprint density at radius 1 is 1.19 bits per heavy atom. The van der Waals surface area contributed by atoms with Crippen LogP contribution in [-0.2, 0) is 4.79 Å². The van der Waals surface area contributed by atoms with Crippen LogP contribution in [0.25, 0.3) is 11.0 Å². The summed E-state index contributed by atoms with van der Waals surface area (Å²) in [4.78, 5) is 23.5. The Hall–Kier alpha value is -2.88. The van der Waals surface area contributed by atoms with Crippen molar-refractivity contribution in [1.82, 2.24) is 19.4 Å². The number of nitrogen functional groups attached to an aromatic ring is 1. The van der Waals surface area contributed by atoms with Crippen LogP contribution in [0.4, 0.5) is 20.4 Å². The van der Waals surface area contributed by atoms with Crippen LogP contribution in [0.5, 0.6) is 5.75 Å². The van der Waals surface area contributed by atoms with E-state index in [4.69, 9.17) is 10.5 Å². The molecule has 3 aliphatic heterocycles. The number of halogens is 2. The molecule has 2 saturated heterocycles. The lowest BCUT2D eigenvalue weighted by atomic mass is 10.1. The van der Waals surface area contributed by atoms with E-state index in [9.17, 15) is 13.6 Å². The molecule has 10 heteroatoms. The lowest BCUT2D eigenvalue weighted by Gasteiger charge is -2.28. The zero-order valence-electron chi connectivity index (χ0n) is 21.0. The topological polar surface area (TPSA) is 79.9 Å². The molecule has 196 valence electrons. The Bertz CT molecular complexity index is 1130. The molecule has 8 nitrogen and oxygen atoms in total. The van der Waals surface area contributed by atoms with Gasteiger partial charge in [0.1, 0.15) is 11.4 Å². The van der Waals surface area contributed by atoms with Crippen LogP contribution < -0.4 is 15.4 Å². The van der Waals surface area contributed by atoms with Crippen molar-refractivity contribution in [3.63, 3.8) is 0 Å². The molecule has 1 atom stereocenters. The normalized spacial score (nSPS) is 23.4. The molecule has 2 fully saturated rings. The highest BCUT2D eigenvalue weighted by Gasteiger charge is 2.37. The van der Waals surface area contributed by atoms with Gasteiger partial charge in [-0.05, 0) is 57.3 Å². The van der Waals surface area contributed by atoms with Crippen molar-refractivity contribution >= 4 is 28.6 Å². The summed E-state index contributed by atoms with van der Waals surface area (Å²) in [7, 11) is 1.64. The molecule has 0 bridgehead atoms. The monoisotopic (exact) mass is 502 g/mol. The molecule has 1 aromatic heterocycles.